The Hall–Kier alpha value is -1.29. The maximum Gasteiger partial charge on any atom is 0.272 e. The summed E-state index contributed by atoms with van der Waals surface area (Å²) in [5, 5.41) is 0. The molecule has 2 aromatic rings. The Kier molecular flexibility index (Phi) is 4.42. The maximum absolute atomic E-state index is 12.1. The molecule has 0 unspecified atom stereocenters. The topological polar surface area (TPSA) is 34.9 Å². The van der Waals surface area contributed by atoms with Crippen LogP contribution in [0.15, 0.2) is 29.1 Å². The molecule has 1 aromatic heterocycles. The molecular formula is C14H18N2OS. The Morgan fingerprint density at radius 2 is 2.11 bits per heavy atom. The van der Waals surface area contributed by atoms with E-state index in [0.717, 1.165) is 35.5 Å². The van der Waals surface area contributed by atoms with E-state index in [1.807, 2.05) is 40.6 Å². The second-order valence-corrected chi connectivity index (χ2v) is 5.59. The first-order valence-corrected chi connectivity index (χ1v) is 7.43. The van der Waals surface area contributed by atoms with Crippen LogP contribution in [0.25, 0.3) is 11.0 Å². The summed E-state index contributed by atoms with van der Waals surface area (Å²) in [5.41, 5.74) is 2.46. The fraction of sp³-hybridized carbons (Fsp3) is 0.429. The number of benzene rings is 1. The number of aromatic nitrogens is 2. The number of hydrogen-bond donors (Lipinski definition) is 0. The predicted octanol–water partition coefficient (Wildman–Crippen LogP) is 2.85. The highest BCUT2D eigenvalue weighted by molar-refractivity contribution is 7.99. The summed E-state index contributed by atoms with van der Waals surface area (Å²) in [7, 11) is 0. The SMILES string of the molecule is CCSCCCn1c(=O)c(C)nc2ccccc21. The number of nitrogens with zero attached hydrogens (tertiary/aromatic N) is 2. The van der Waals surface area contributed by atoms with Gasteiger partial charge in [-0.2, -0.15) is 11.8 Å². The first-order valence-electron chi connectivity index (χ1n) is 6.28. The van der Waals surface area contributed by atoms with Crippen LogP contribution in [0.4, 0.5) is 0 Å². The van der Waals surface area contributed by atoms with E-state index in [1.54, 1.807) is 6.92 Å². The largest absolute Gasteiger partial charge is 0.305 e. The van der Waals surface area contributed by atoms with Gasteiger partial charge in [-0.05, 0) is 37.0 Å². The second-order valence-electron chi connectivity index (χ2n) is 4.19. The first-order chi connectivity index (χ1) is 8.74. The molecule has 1 heterocycles. The van der Waals surface area contributed by atoms with Gasteiger partial charge >= 0.3 is 0 Å². The zero-order valence-corrected chi connectivity index (χ0v) is 11.7. The van der Waals surface area contributed by atoms with E-state index in [-0.39, 0.29) is 5.56 Å². The van der Waals surface area contributed by atoms with Crippen LogP contribution >= 0.6 is 11.8 Å². The number of rotatable bonds is 5. The van der Waals surface area contributed by atoms with Crippen LogP contribution in [0.5, 0.6) is 0 Å². The van der Waals surface area contributed by atoms with Gasteiger partial charge in [0.1, 0.15) is 5.69 Å². The smallest absolute Gasteiger partial charge is 0.272 e. The highest BCUT2D eigenvalue weighted by atomic mass is 32.2. The Bertz CT molecular complexity index is 592. The van der Waals surface area contributed by atoms with Gasteiger partial charge in [-0.3, -0.25) is 4.79 Å². The molecule has 18 heavy (non-hydrogen) atoms. The summed E-state index contributed by atoms with van der Waals surface area (Å²) in [6.45, 7) is 4.71. The number of aryl methyl sites for hydroxylation is 2. The molecule has 0 amide bonds. The van der Waals surface area contributed by atoms with E-state index in [4.69, 9.17) is 0 Å². The van der Waals surface area contributed by atoms with Crippen molar-refractivity contribution < 1.29 is 0 Å². The molecular weight excluding hydrogens is 244 g/mol. The quantitative estimate of drug-likeness (QED) is 0.777. The molecule has 96 valence electrons. The minimum atomic E-state index is 0.0372. The minimum absolute atomic E-state index is 0.0372. The monoisotopic (exact) mass is 262 g/mol. The van der Waals surface area contributed by atoms with Gasteiger partial charge in [-0.1, -0.05) is 19.1 Å². The van der Waals surface area contributed by atoms with Crippen molar-refractivity contribution in [1.29, 1.82) is 0 Å². The van der Waals surface area contributed by atoms with Gasteiger partial charge in [0.05, 0.1) is 11.0 Å². The highest BCUT2D eigenvalue weighted by Crippen LogP contribution is 2.11. The Labute approximate surface area is 111 Å². The Balaban J connectivity index is 2.35. The molecule has 0 saturated carbocycles. The summed E-state index contributed by atoms with van der Waals surface area (Å²) in [6, 6.07) is 7.84. The lowest BCUT2D eigenvalue weighted by Crippen LogP contribution is -2.24. The zero-order valence-electron chi connectivity index (χ0n) is 10.8. The molecule has 0 N–H and O–H groups in total. The van der Waals surface area contributed by atoms with Crippen molar-refractivity contribution >= 4 is 22.8 Å². The molecule has 0 bridgehead atoms. The summed E-state index contributed by atoms with van der Waals surface area (Å²) >= 11 is 1.91. The number of para-hydroxylation sites is 2. The molecule has 0 saturated heterocycles. The number of thioether (sulfide) groups is 1. The lowest BCUT2D eigenvalue weighted by molar-refractivity contribution is 0.674. The molecule has 0 aliphatic heterocycles. The summed E-state index contributed by atoms with van der Waals surface area (Å²) < 4.78 is 1.86. The Morgan fingerprint density at radius 1 is 1.33 bits per heavy atom. The standard InChI is InChI=1S/C14H18N2OS/c1-3-18-10-6-9-16-13-8-5-4-7-12(13)15-11(2)14(16)17/h4-5,7-8H,3,6,9-10H2,1-2H3. The summed E-state index contributed by atoms with van der Waals surface area (Å²) in [4.78, 5) is 16.5. The van der Waals surface area contributed by atoms with Crippen LogP contribution < -0.4 is 5.56 Å². The van der Waals surface area contributed by atoms with Gasteiger partial charge in [0.15, 0.2) is 0 Å². The number of fused-ring (bicyclic) bond motifs is 1. The molecule has 3 nitrogen and oxygen atoms in total. The maximum atomic E-state index is 12.1. The molecule has 0 atom stereocenters. The average molecular weight is 262 g/mol. The van der Waals surface area contributed by atoms with Crippen LogP contribution in [0.3, 0.4) is 0 Å². The van der Waals surface area contributed by atoms with E-state index in [0.29, 0.717) is 5.69 Å². The van der Waals surface area contributed by atoms with E-state index >= 15 is 0 Å². The lowest BCUT2D eigenvalue weighted by Gasteiger charge is -2.10. The highest BCUT2D eigenvalue weighted by Gasteiger charge is 2.06. The zero-order chi connectivity index (χ0) is 13.0. The normalized spacial score (nSPS) is 11.0. The van der Waals surface area contributed by atoms with Crippen molar-refractivity contribution in [3.05, 3.63) is 40.3 Å². The van der Waals surface area contributed by atoms with Crippen LogP contribution in [0.1, 0.15) is 19.0 Å². The van der Waals surface area contributed by atoms with Gasteiger partial charge in [0.2, 0.25) is 0 Å². The molecule has 0 aliphatic rings. The first kappa shape index (κ1) is 13.1. The second kappa shape index (κ2) is 6.05. The average Bonchev–Trinajstić information content (AvgIpc) is 2.38. The van der Waals surface area contributed by atoms with Crippen molar-refractivity contribution in [3.63, 3.8) is 0 Å². The fourth-order valence-electron chi connectivity index (χ4n) is 2.01. The third kappa shape index (κ3) is 2.75. The molecule has 0 radical (unpaired) electrons. The molecule has 0 spiro atoms. The third-order valence-electron chi connectivity index (χ3n) is 2.89. The molecule has 1 aromatic carbocycles. The van der Waals surface area contributed by atoms with Crippen LogP contribution in [0, 0.1) is 6.92 Å². The van der Waals surface area contributed by atoms with Crippen LogP contribution in [-0.2, 0) is 6.54 Å². The van der Waals surface area contributed by atoms with Gasteiger partial charge in [0, 0.05) is 6.54 Å². The van der Waals surface area contributed by atoms with Gasteiger partial charge in [-0.25, -0.2) is 4.98 Å². The van der Waals surface area contributed by atoms with Crippen molar-refractivity contribution in [1.82, 2.24) is 9.55 Å². The van der Waals surface area contributed by atoms with Crippen LogP contribution in [0.2, 0.25) is 0 Å². The molecule has 4 heteroatoms. The van der Waals surface area contributed by atoms with E-state index in [9.17, 15) is 4.79 Å². The van der Waals surface area contributed by atoms with Crippen molar-refractivity contribution in [2.24, 2.45) is 0 Å². The fourth-order valence-corrected chi connectivity index (χ4v) is 2.63. The molecule has 0 aliphatic carbocycles. The van der Waals surface area contributed by atoms with Crippen molar-refractivity contribution in [3.8, 4) is 0 Å². The summed E-state index contributed by atoms with van der Waals surface area (Å²) in [5.74, 6) is 2.23. The van der Waals surface area contributed by atoms with Gasteiger partial charge in [0.25, 0.3) is 5.56 Å². The van der Waals surface area contributed by atoms with Gasteiger partial charge < -0.3 is 4.57 Å². The lowest BCUT2D eigenvalue weighted by atomic mass is 10.2. The van der Waals surface area contributed by atoms with Gasteiger partial charge in [-0.15, -0.1) is 0 Å². The minimum Gasteiger partial charge on any atom is -0.305 e. The third-order valence-corrected chi connectivity index (χ3v) is 3.88. The molecule has 2 rings (SSSR count). The predicted molar refractivity (Wildman–Crippen MR) is 78.4 cm³/mol. The summed E-state index contributed by atoms with van der Waals surface area (Å²) in [6.07, 6.45) is 1.02. The Morgan fingerprint density at radius 3 is 2.89 bits per heavy atom. The number of hydrogen-bond acceptors (Lipinski definition) is 3. The van der Waals surface area contributed by atoms with E-state index in [1.165, 1.54) is 0 Å². The van der Waals surface area contributed by atoms with Crippen molar-refractivity contribution in [2.75, 3.05) is 11.5 Å². The van der Waals surface area contributed by atoms with Crippen molar-refractivity contribution in [2.45, 2.75) is 26.8 Å². The van der Waals surface area contributed by atoms with E-state index < -0.39 is 0 Å². The molecule has 0 fully saturated rings. The van der Waals surface area contributed by atoms with Crippen LogP contribution in [-0.4, -0.2) is 21.1 Å². The van der Waals surface area contributed by atoms with E-state index in [2.05, 4.69) is 11.9 Å².